The molecule has 0 bridgehead atoms. The molecule has 0 spiro atoms. The Kier molecular flexibility index (Phi) is 5.27. The molecule has 4 aromatic rings. The normalized spacial score (nSPS) is 14.1. The van der Waals surface area contributed by atoms with E-state index in [9.17, 15) is 4.79 Å². The molecule has 0 radical (unpaired) electrons. The number of fused-ring (bicyclic) bond motifs is 1. The monoisotopic (exact) mass is 410 g/mol. The molecule has 5 rings (SSSR count). The van der Waals surface area contributed by atoms with E-state index in [1.807, 2.05) is 24.3 Å². The van der Waals surface area contributed by atoms with E-state index in [-0.39, 0.29) is 5.78 Å². The van der Waals surface area contributed by atoms with E-state index < -0.39 is 0 Å². The lowest BCUT2D eigenvalue weighted by atomic mass is 10.1. The minimum atomic E-state index is -0.161. The Hall–Kier alpha value is -3.80. The van der Waals surface area contributed by atoms with Crippen molar-refractivity contribution in [3.8, 4) is 11.6 Å². The van der Waals surface area contributed by atoms with Gasteiger partial charge in [-0.1, -0.05) is 24.6 Å². The quantitative estimate of drug-likeness (QED) is 0.425. The topological polar surface area (TPSA) is 80.8 Å². The molecule has 0 fully saturated rings. The van der Waals surface area contributed by atoms with Crippen LogP contribution in [0, 0.1) is 0 Å². The van der Waals surface area contributed by atoms with Crippen LogP contribution in [0.1, 0.15) is 54.0 Å². The van der Waals surface area contributed by atoms with Gasteiger partial charge in [-0.05, 0) is 67.7 Å². The van der Waals surface area contributed by atoms with Crippen LogP contribution in [-0.4, -0.2) is 25.7 Å². The molecule has 0 saturated carbocycles. The summed E-state index contributed by atoms with van der Waals surface area (Å²) >= 11 is 0. The average Bonchev–Trinajstić information content (AvgIpc) is 3.06. The molecule has 1 aliphatic carbocycles. The van der Waals surface area contributed by atoms with Crippen LogP contribution in [0.4, 0.5) is 0 Å². The molecule has 1 aliphatic rings. The van der Waals surface area contributed by atoms with Crippen molar-refractivity contribution in [2.75, 3.05) is 0 Å². The number of para-hydroxylation sites is 2. The molecule has 2 aromatic heterocycles. The second kappa shape index (κ2) is 8.52. The molecule has 0 atom stereocenters. The Morgan fingerprint density at radius 3 is 2.65 bits per heavy atom. The van der Waals surface area contributed by atoms with Gasteiger partial charge in [0, 0.05) is 18.0 Å². The van der Waals surface area contributed by atoms with Gasteiger partial charge in [-0.3, -0.25) is 4.79 Å². The second-order valence-electron chi connectivity index (χ2n) is 7.60. The zero-order chi connectivity index (χ0) is 21.0. The summed E-state index contributed by atoms with van der Waals surface area (Å²) in [5, 5.41) is 0. The minimum Gasteiger partial charge on any atom is -0.437 e. The third-order valence-corrected chi connectivity index (χ3v) is 5.45. The summed E-state index contributed by atoms with van der Waals surface area (Å²) in [5.74, 6) is 1.27. The number of allylic oxidation sites excluding steroid dienone is 2. The number of ketones is 1. The standard InChI is InChI=1S/C25H22N4O2/c30-23(24-28-20-9-5-6-10-21(20)29-24)18-11-13-19(14-12-18)31-25-22(26-15-16-27-25)17-7-3-1-2-4-8-17/h5-7,9-16H,1-4,8H2,(H,28,29). The number of nitrogens with one attached hydrogen (secondary N) is 1. The number of hydrogen-bond donors (Lipinski definition) is 1. The highest BCUT2D eigenvalue weighted by Gasteiger charge is 2.16. The number of rotatable bonds is 5. The lowest BCUT2D eigenvalue weighted by Gasteiger charge is -2.11. The molecule has 0 unspecified atom stereocenters. The Morgan fingerprint density at radius 2 is 1.77 bits per heavy atom. The van der Waals surface area contributed by atoms with E-state index in [1.54, 1.807) is 36.7 Å². The molecule has 31 heavy (non-hydrogen) atoms. The van der Waals surface area contributed by atoms with Crippen molar-refractivity contribution in [2.45, 2.75) is 32.1 Å². The summed E-state index contributed by atoms with van der Waals surface area (Å²) in [6, 6.07) is 14.6. The van der Waals surface area contributed by atoms with E-state index in [4.69, 9.17) is 4.74 Å². The molecule has 0 aliphatic heterocycles. The van der Waals surface area contributed by atoms with E-state index in [2.05, 4.69) is 26.0 Å². The van der Waals surface area contributed by atoms with Gasteiger partial charge in [0.25, 0.3) is 0 Å². The smallest absolute Gasteiger partial charge is 0.245 e. The highest BCUT2D eigenvalue weighted by Crippen LogP contribution is 2.31. The van der Waals surface area contributed by atoms with Crippen LogP contribution >= 0.6 is 0 Å². The minimum absolute atomic E-state index is 0.161. The van der Waals surface area contributed by atoms with Crippen molar-refractivity contribution >= 4 is 22.4 Å². The van der Waals surface area contributed by atoms with E-state index >= 15 is 0 Å². The fourth-order valence-electron chi connectivity index (χ4n) is 3.83. The molecule has 6 nitrogen and oxygen atoms in total. The Labute approximate surface area is 180 Å². The lowest BCUT2D eigenvalue weighted by Crippen LogP contribution is -2.03. The number of nitrogens with zero attached hydrogens (tertiary/aromatic N) is 3. The predicted molar refractivity (Wildman–Crippen MR) is 119 cm³/mol. The van der Waals surface area contributed by atoms with Crippen LogP contribution in [0.15, 0.2) is 67.0 Å². The van der Waals surface area contributed by atoms with Gasteiger partial charge in [-0.2, -0.15) is 0 Å². The maximum atomic E-state index is 12.8. The van der Waals surface area contributed by atoms with E-state index in [0.29, 0.717) is 23.0 Å². The van der Waals surface area contributed by atoms with Gasteiger partial charge < -0.3 is 9.72 Å². The Balaban J connectivity index is 1.36. The number of hydrogen-bond acceptors (Lipinski definition) is 5. The first-order valence-electron chi connectivity index (χ1n) is 10.6. The summed E-state index contributed by atoms with van der Waals surface area (Å²) in [7, 11) is 0. The number of imidazole rings is 1. The van der Waals surface area contributed by atoms with Crippen molar-refractivity contribution in [3.05, 3.63) is 84.1 Å². The number of carbonyl (C=O) groups is 1. The third-order valence-electron chi connectivity index (χ3n) is 5.45. The number of benzene rings is 2. The summed E-state index contributed by atoms with van der Waals surface area (Å²) in [6.45, 7) is 0. The zero-order valence-corrected chi connectivity index (χ0v) is 17.0. The highest BCUT2D eigenvalue weighted by atomic mass is 16.5. The van der Waals surface area contributed by atoms with Crippen LogP contribution in [0.2, 0.25) is 0 Å². The fourth-order valence-corrected chi connectivity index (χ4v) is 3.83. The van der Waals surface area contributed by atoms with Gasteiger partial charge in [0.2, 0.25) is 11.7 Å². The first-order valence-corrected chi connectivity index (χ1v) is 10.6. The molecule has 1 N–H and O–H groups in total. The van der Waals surface area contributed by atoms with Gasteiger partial charge in [0.1, 0.15) is 11.4 Å². The van der Waals surface area contributed by atoms with Crippen molar-refractivity contribution in [1.82, 2.24) is 19.9 Å². The molecule has 0 amide bonds. The number of aromatic nitrogens is 4. The Morgan fingerprint density at radius 1 is 0.935 bits per heavy atom. The van der Waals surface area contributed by atoms with Gasteiger partial charge >= 0.3 is 0 Å². The molecule has 154 valence electrons. The first-order chi connectivity index (χ1) is 15.3. The summed E-state index contributed by atoms with van der Waals surface area (Å²) in [5.41, 5.74) is 4.14. The summed E-state index contributed by atoms with van der Waals surface area (Å²) < 4.78 is 6.04. The lowest BCUT2D eigenvalue weighted by molar-refractivity contribution is 0.103. The van der Waals surface area contributed by atoms with Gasteiger partial charge in [-0.25, -0.2) is 15.0 Å². The van der Waals surface area contributed by atoms with Crippen LogP contribution in [0.3, 0.4) is 0 Å². The van der Waals surface area contributed by atoms with Crippen molar-refractivity contribution < 1.29 is 9.53 Å². The molecule has 2 aromatic carbocycles. The Bertz CT molecular complexity index is 1230. The number of carbonyl (C=O) groups excluding carboxylic acids is 1. The van der Waals surface area contributed by atoms with Crippen molar-refractivity contribution in [2.24, 2.45) is 0 Å². The third kappa shape index (κ3) is 4.10. The van der Waals surface area contributed by atoms with Gasteiger partial charge in [0.05, 0.1) is 11.0 Å². The predicted octanol–water partition coefficient (Wildman–Crippen LogP) is 5.72. The molecule has 2 heterocycles. The maximum absolute atomic E-state index is 12.8. The second-order valence-corrected chi connectivity index (χ2v) is 7.60. The summed E-state index contributed by atoms with van der Waals surface area (Å²) in [4.78, 5) is 29.2. The number of ether oxygens (including phenoxy) is 1. The first kappa shape index (κ1) is 19.2. The van der Waals surface area contributed by atoms with E-state index in [1.165, 1.54) is 18.4 Å². The average molecular weight is 410 g/mol. The highest BCUT2D eigenvalue weighted by molar-refractivity contribution is 6.08. The molecular weight excluding hydrogens is 388 g/mol. The zero-order valence-electron chi connectivity index (χ0n) is 17.0. The molecule has 0 saturated heterocycles. The van der Waals surface area contributed by atoms with Gasteiger partial charge in [-0.15, -0.1) is 0 Å². The SMILES string of the molecule is O=C(c1ccc(Oc2nccnc2C2=CCCCCC2)cc1)c1nc2ccccc2[nH]1. The van der Waals surface area contributed by atoms with Crippen LogP contribution in [0.5, 0.6) is 11.6 Å². The van der Waals surface area contributed by atoms with Crippen LogP contribution < -0.4 is 4.74 Å². The van der Waals surface area contributed by atoms with Gasteiger partial charge in [0.15, 0.2) is 5.82 Å². The van der Waals surface area contributed by atoms with E-state index in [0.717, 1.165) is 36.0 Å². The van der Waals surface area contributed by atoms with Crippen LogP contribution in [-0.2, 0) is 0 Å². The number of H-pyrrole nitrogens is 1. The van der Waals surface area contributed by atoms with Crippen LogP contribution in [0.25, 0.3) is 16.6 Å². The fraction of sp³-hybridized carbons (Fsp3) is 0.200. The van der Waals surface area contributed by atoms with Crippen molar-refractivity contribution in [1.29, 1.82) is 0 Å². The number of aromatic amines is 1. The van der Waals surface area contributed by atoms with Crippen molar-refractivity contribution in [3.63, 3.8) is 0 Å². The molecule has 6 heteroatoms. The maximum Gasteiger partial charge on any atom is 0.245 e. The summed E-state index contributed by atoms with van der Waals surface area (Å²) in [6.07, 6.45) is 11.2. The largest absolute Gasteiger partial charge is 0.437 e. The molecular formula is C25H22N4O2.